The molecule has 0 amide bonds. The largest absolute Gasteiger partial charge is 0.502 e. The summed E-state index contributed by atoms with van der Waals surface area (Å²) in [6.07, 6.45) is 3.15. The van der Waals surface area contributed by atoms with Crippen molar-refractivity contribution in [3.8, 4) is 5.75 Å². The number of thiazole rings is 1. The molecule has 178 valence electrons. The van der Waals surface area contributed by atoms with Crippen LogP contribution in [0.25, 0.3) is 11.8 Å². The molecular formula is C27H18BrN3O4S. The summed E-state index contributed by atoms with van der Waals surface area (Å²) >= 11 is 4.47. The Balaban J connectivity index is 1.62. The third-order valence-electron chi connectivity index (χ3n) is 6.56. The van der Waals surface area contributed by atoms with E-state index in [9.17, 15) is 20.0 Å². The molecule has 0 unspecified atom stereocenters. The lowest BCUT2D eigenvalue weighted by atomic mass is 9.83. The van der Waals surface area contributed by atoms with Crippen LogP contribution in [0.4, 0.5) is 5.69 Å². The lowest BCUT2D eigenvalue weighted by molar-refractivity contribution is -0.385. The highest BCUT2D eigenvalue weighted by Gasteiger charge is 2.32. The highest BCUT2D eigenvalue weighted by molar-refractivity contribution is 9.10. The third-order valence-corrected chi connectivity index (χ3v) is 8.00. The standard InChI is InChI=1S/C27H18BrN3O4S/c28-18-12-17(25(32)21(14-18)31(34)35)13-22-26(33)30-24(16-7-2-1-3-8-16)20-11-10-15-6-4-5-9-19(15)23(20)29-27(30)36-22/h1-9,12-14,24,32H,10-11H2/b22-13-/t24-/m0/s1. The molecular weight excluding hydrogens is 542 g/mol. The molecule has 0 fully saturated rings. The van der Waals surface area contributed by atoms with Gasteiger partial charge in [0.2, 0.25) is 5.75 Å². The van der Waals surface area contributed by atoms with Crippen molar-refractivity contribution in [3.63, 3.8) is 0 Å². The Labute approximate surface area is 217 Å². The van der Waals surface area contributed by atoms with Crippen LogP contribution in [0.15, 0.2) is 86.6 Å². The van der Waals surface area contributed by atoms with Gasteiger partial charge in [-0.3, -0.25) is 19.5 Å². The Morgan fingerprint density at radius 1 is 1.11 bits per heavy atom. The number of benzene rings is 3. The Morgan fingerprint density at radius 3 is 2.64 bits per heavy atom. The fourth-order valence-corrected chi connectivity index (χ4v) is 6.41. The van der Waals surface area contributed by atoms with Gasteiger partial charge < -0.3 is 5.11 Å². The van der Waals surface area contributed by atoms with Crippen molar-refractivity contribution in [2.45, 2.75) is 18.9 Å². The van der Waals surface area contributed by atoms with Gasteiger partial charge in [0.05, 0.1) is 21.2 Å². The van der Waals surface area contributed by atoms with Crippen LogP contribution in [0.5, 0.6) is 5.75 Å². The SMILES string of the molecule is O=c1/c(=C/c2cc(Br)cc([N+](=O)[O-])c2O)sc2n1[C@@H](c1ccccc1)C1=C(N=2)c2ccccc2CC1. The molecule has 7 nitrogen and oxygen atoms in total. The maximum absolute atomic E-state index is 13.8. The second-order valence-electron chi connectivity index (χ2n) is 8.64. The summed E-state index contributed by atoms with van der Waals surface area (Å²) in [4.78, 5) is 30.0. The van der Waals surface area contributed by atoms with E-state index in [-0.39, 0.29) is 17.2 Å². The second kappa shape index (κ2) is 8.69. The first-order chi connectivity index (χ1) is 17.4. The maximum Gasteiger partial charge on any atom is 0.312 e. The number of nitro benzene ring substituents is 1. The van der Waals surface area contributed by atoms with Gasteiger partial charge in [-0.25, -0.2) is 4.99 Å². The number of aromatic nitrogens is 1. The molecule has 0 bridgehead atoms. The highest BCUT2D eigenvalue weighted by Crippen LogP contribution is 2.41. The third kappa shape index (κ3) is 3.63. The Morgan fingerprint density at radius 2 is 1.86 bits per heavy atom. The molecule has 2 heterocycles. The summed E-state index contributed by atoms with van der Waals surface area (Å²) in [5.74, 6) is -0.484. The summed E-state index contributed by atoms with van der Waals surface area (Å²) in [7, 11) is 0. The monoisotopic (exact) mass is 559 g/mol. The predicted octanol–water partition coefficient (Wildman–Crippen LogP) is 4.70. The summed E-state index contributed by atoms with van der Waals surface area (Å²) in [5.41, 5.74) is 4.81. The van der Waals surface area contributed by atoms with Crippen molar-refractivity contribution >= 4 is 44.7 Å². The number of rotatable bonds is 3. The zero-order chi connectivity index (χ0) is 25.0. The molecule has 0 radical (unpaired) electrons. The summed E-state index contributed by atoms with van der Waals surface area (Å²) in [6.45, 7) is 0. The van der Waals surface area contributed by atoms with Crippen LogP contribution in [-0.2, 0) is 6.42 Å². The zero-order valence-electron chi connectivity index (χ0n) is 18.7. The number of phenols is 1. The quantitative estimate of drug-likeness (QED) is 0.290. The topological polar surface area (TPSA) is 97.7 Å². The van der Waals surface area contributed by atoms with Crippen LogP contribution in [-0.4, -0.2) is 14.6 Å². The molecule has 1 atom stereocenters. The Hall–Kier alpha value is -3.82. The van der Waals surface area contributed by atoms with Crippen molar-refractivity contribution in [2.75, 3.05) is 0 Å². The molecule has 0 spiro atoms. The average Bonchev–Trinajstić information content (AvgIpc) is 3.19. The van der Waals surface area contributed by atoms with E-state index in [1.807, 2.05) is 42.5 Å². The van der Waals surface area contributed by atoms with Gasteiger partial charge in [0, 0.05) is 21.7 Å². The molecule has 6 rings (SSSR count). The van der Waals surface area contributed by atoms with E-state index in [2.05, 4.69) is 28.1 Å². The van der Waals surface area contributed by atoms with Gasteiger partial charge in [0.15, 0.2) is 4.80 Å². The number of fused-ring (bicyclic) bond motifs is 3. The molecule has 3 aromatic carbocycles. The van der Waals surface area contributed by atoms with Crippen molar-refractivity contribution < 1.29 is 10.0 Å². The minimum Gasteiger partial charge on any atom is -0.502 e. The van der Waals surface area contributed by atoms with Gasteiger partial charge in [-0.2, -0.15) is 0 Å². The van der Waals surface area contributed by atoms with Crippen molar-refractivity contribution in [1.29, 1.82) is 0 Å². The lowest BCUT2D eigenvalue weighted by Crippen LogP contribution is -2.38. The van der Waals surface area contributed by atoms with Gasteiger partial charge >= 0.3 is 5.69 Å². The highest BCUT2D eigenvalue weighted by atomic mass is 79.9. The molecule has 1 aliphatic carbocycles. The Bertz CT molecular complexity index is 1770. The van der Waals surface area contributed by atoms with E-state index in [4.69, 9.17) is 4.99 Å². The van der Waals surface area contributed by atoms with Crippen LogP contribution < -0.4 is 14.9 Å². The zero-order valence-corrected chi connectivity index (χ0v) is 21.1. The summed E-state index contributed by atoms with van der Waals surface area (Å²) < 4.78 is 2.48. The fraction of sp³-hybridized carbons (Fsp3) is 0.111. The van der Waals surface area contributed by atoms with Gasteiger partial charge in [-0.15, -0.1) is 0 Å². The van der Waals surface area contributed by atoms with Crippen LogP contribution in [0, 0.1) is 10.1 Å². The van der Waals surface area contributed by atoms with E-state index < -0.39 is 16.4 Å². The van der Waals surface area contributed by atoms with Gasteiger partial charge in [-0.05, 0) is 41.7 Å². The minimum atomic E-state index is -0.653. The van der Waals surface area contributed by atoms with Gasteiger partial charge in [0.1, 0.15) is 0 Å². The first kappa shape index (κ1) is 22.6. The number of phenolic OH excluding ortho intramolecular Hbond substituents is 1. The van der Waals surface area contributed by atoms with E-state index >= 15 is 0 Å². The predicted molar refractivity (Wildman–Crippen MR) is 142 cm³/mol. The smallest absolute Gasteiger partial charge is 0.312 e. The van der Waals surface area contributed by atoms with Crippen LogP contribution in [0.1, 0.15) is 34.7 Å². The molecule has 2 aliphatic rings. The number of allylic oxidation sites excluding steroid dienone is 1. The van der Waals surface area contributed by atoms with E-state index in [0.29, 0.717) is 13.8 Å². The number of hydrogen-bond acceptors (Lipinski definition) is 6. The van der Waals surface area contributed by atoms with Crippen LogP contribution in [0.3, 0.4) is 0 Å². The normalized spacial score (nSPS) is 16.7. The molecule has 0 saturated carbocycles. The molecule has 1 N–H and O–H groups in total. The Kier molecular flexibility index (Phi) is 5.46. The number of aryl methyl sites for hydroxylation is 1. The van der Waals surface area contributed by atoms with E-state index in [1.54, 1.807) is 10.6 Å². The van der Waals surface area contributed by atoms with Crippen molar-refractivity contribution in [2.24, 2.45) is 4.99 Å². The average molecular weight is 560 g/mol. The maximum atomic E-state index is 13.8. The summed E-state index contributed by atoms with van der Waals surface area (Å²) in [5, 5.41) is 21.9. The number of halogens is 1. The fourth-order valence-electron chi connectivity index (χ4n) is 4.95. The van der Waals surface area contributed by atoms with Crippen LogP contribution >= 0.6 is 27.3 Å². The van der Waals surface area contributed by atoms with Gasteiger partial charge in [0.25, 0.3) is 5.56 Å². The molecule has 0 saturated heterocycles. The van der Waals surface area contributed by atoms with Crippen molar-refractivity contribution in [3.05, 3.63) is 129 Å². The molecule has 1 aliphatic heterocycles. The minimum absolute atomic E-state index is 0.187. The first-order valence-electron chi connectivity index (χ1n) is 11.3. The second-order valence-corrected chi connectivity index (χ2v) is 10.6. The molecule has 4 aromatic rings. The van der Waals surface area contributed by atoms with E-state index in [1.165, 1.54) is 29.0 Å². The number of aromatic hydroxyl groups is 1. The molecule has 9 heteroatoms. The summed E-state index contributed by atoms with van der Waals surface area (Å²) in [6, 6.07) is 20.6. The number of nitrogens with zero attached hydrogens (tertiary/aromatic N) is 3. The molecule has 1 aromatic heterocycles. The lowest BCUT2D eigenvalue weighted by Gasteiger charge is -2.30. The number of hydrogen-bond donors (Lipinski definition) is 1. The van der Waals surface area contributed by atoms with Crippen molar-refractivity contribution in [1.82, 2.24) is 4.57 Å². The number of nitro groups is 1. The molecule has 36 heavy (non-hydrogen) atoms. The first-order valence-corrected chi connectivity index (χ1v) is 12.9. The van der Waals surface area contributed by atoms with E-state index in [0.717, 1.165) is 35.2 Å². The van der Waals surface area contributed by atoms with Gasteiger partial charge in [-0.1, -0.05) is 81.9 Å². The van der Waals surface area contributed by atoms with Crippen LogP contribution in [0.2, 0.25) is 0 Å².